The molecule has 1 aromatic carbocycles. The molecule has 7 nitrogen and oxygen atoms in total. The van der Waals surface area contributed by atoms with Crippen molar-refractivity contribution in [3.05, 3.63) is 27.8 Å². The van der Waals surface area contributed by atoms with Gasteiger partial charge in [0, 0.05) is 13.1 Å². The number of carboxylic acid groups (broad SMARTS) is 1. The molecule has 1 aliphatic heterocycles. The Morgan fingerprint density at radius 3 is 2.76 bits per heavy atom. The Morgan fingerprint density at radius 2 is 2.14 bits per heavy atom. The van der Waals surface area contributed by atoms with Gasteiger partial charge in [0.15, 0.2) is 5.52 Å². The highest BCUT2D eigenvalue weighted by molar-refractivity contribution is 7.16. The Bertz CT molecular complexity index is 707. The second-order valence-corrected chi connectivity index (χ2v) is 5.88. The summed E-state index contributed by atoms with van der Waals surface area (Å²) >= 11 is 1.37. The largest absolute Gasteiger partial charge is 0.481 e. The van der Waals surface area contributed by atoms with Gasteiger partial charge in [-0.25, -0.2) is 4.98 Å². The van der Waals surface area contributed by atoms with E-state index in [4.69, 9.17) is 5.11 Å². The van der Waals surface area contributed by atoms with Crippen molar-refractivity contribution in [1.29, 1.82) is 0 Å². The molecule has 0 spiro atoms. The summed E-state index contributed by atoms with van der Waals surface area (Å²) in [5.41, 5.74) is 2.55. The number of nitrogens with zero attached hydrogens (tertiary/aromatic N) is 3. The van der Waals surface area contributed by atoms with Gasteiger partial charge in [0.25, 0.3) is 0 Å². The number of fused-ring (bicyclic) bond motifs is 1. The van der Waals surface area contributed by atoms with Gasteiger partial charge in [-0.05, 0) is 25.0 Å². The van der Waals surface area contributed by atoms with E-state index < -0.39 is 10.9 Å². The third-order valence-corrected chi connectivity index (χ3v) is 4.62. The van der Waals surface area contributed by atoms with Crippen LogP contribution in [0.4, 0.5) is 11.4 Å². The number of carbonyl (C=O) groups is 1. The standard InChI is InChI=1S/C13H13N3O4S/c17-13(18)8-3-5-15(6-4-8)9-1-2-10-11(14-7-21-10)12(9)16(19)20/h1-2,7-8H,3-6H2,(H,17,18). The summed E-state index contributed by atoms with van der Waals surface area (Å²) in [4.78, 5) is 28.0. The Morgan fingerprint density at radius 1 is 1.43 bits per heavy atom. The first-order valence-electron chi connectivity index (χ1n) is 6.56. The number of nitro groups is 1. The minimum absolute atomic E-state index is 0.0162. The monoisotopic (exact) mass is 307 g/mol. The van der Waals surface area contributed by atoms with E-state index in [0.29, 0.717) is 37.1 Å². The first kappa shape index (κ1) is 13.7. The fourth-order valence-electron chi connectivity index (χ4n) is 2.71. The van der Waals surface area contributed by atoms with Crippen molar-refractivity contribution in [2.45, 2.75) is 12.8 Å². The minimum Gasteiger partial charge on any atom is -0.481 e. The summed E-state index contributed by atoms with van der Waals surface area (Å²) in [6, 6.07) is 3.57. The zero-order valence-electron chi connectivity index (χ0n) is 11.1. The fraction of sp³-hybridized carbons (Fsp3) is 0.385. The van der Waals surface area contributed by atoms with Gasteiger partial charge in [-0.15, -0.1) is 11.3 Å². The molecular formula is C13H13N3O4S. The molecule has 0 bridgehead atoms. The van der Waals surface area contributed by atoms with E-state index >= 15 is 0 Å². The molecule has 110 valence electrons. The Balaban J connectivity index is 1.95. The van der Waals surface area contributed by atoms with Crippen LogP contribution in [0.1, 0.15) is 12.8 Å². The number of hydrogen-bond donors (Lipinski definition) is 1. The molecule has 0 unspecified atom stereocenters. The van der Waals surface area contributed by atoms with Crippen LogP contribution in [0.2, 0.25) is 0 Å². The van der Waals surface area contributed by atoms with Gasteiger partial charge in [-0.1, -0.05) is 0 Å². The number of aromatic nitrogens is 1. The highest BCUT2D eigenvalue weighted by Gasteiger charge is 2.29. The number of benzene rings is 1. The summed E-state index contributed by atoms with van der Waals surface area (Å²) in [5.74, 6) is -1.15. The second kappa shape index (κ2) is 5.28. The summed E-state index contributed by atoms with van der Waals surface area (Å²) in [7, 11) is 0. The molecule has 1 N–H and O–H groups in total. The van der Waals surface area contributed by atoms with Crippen LogP contribution in [0.5, 0.6) is 0 Å². The quantitative estimate of drug-likeness (QED) is 0.691. The van der Waals surface area contributed by atoms with Crippen molar-refractivity contribution in [3.63, 3.8) is 0 Å². The smallest absolute Gasteiger partial charge is 0.319 e. The summed E-state index contributed by atoms with van der Waals surface area (Å²) in [6.07, 6.45) is 1.00. The lowest BCUT2D eigenvalue weighted by Crippen LogP contribution is -2.36. The number of hydrogen-bond acceptors (Lipinski definition) is 6. The number of thiazole rings is 1. The van der Waals surface area contributed by atoms with Gasteiger partial charge in [0.05, 0.1) is 21.1 Å². The molecule has 1 fully saturated rings. The molecule has 1 saturated heterocycles. The molecule has 2 aromatic rings. The molecule has 0 amide bonds. The van der Waals surface area contributed by atoms with E-state index in [1.807, 2.05) is 11.0 Å². The second-order valence-electron chi connectivity index (χ2n) is 4.99. The number of rotatable bonds is 3. The van der Waals surface area contributed by atoms with E-state index in [1.54, 1.807) is 11.6 Å². The first-order valence-corrected chi connectivity index (χ1v) is 7.44. The lowest BCUT2D eigenvalue weighted by atomic mass is 9.96. The van der Waals surface area contributed by atoms with E-state index in [2.05, 4.69) is 4.98 Å². The third kappa shape index (κ3) is 2.42. The predicted octanol–water partition coefficient (Wildman–Crippen LogP) is 2.51. The molecule has 1 aromatic heterocycles. The topological polar surface area (TPSA) is 96.6 Å². The van der Waals surface area contributed by atoms with Gasteiger partial charge < -0.3 is 10.0 Å². The number of aliphatic carboxylic acids is 1. The van der Waals surface area contributed by atoms with Crippen LogP contribution in [-0.4, -0.2) is 34.1 Å². The summed E-state index contributed by atoms with van der Waals surface area (Å²) in [5, 5.41) is 20.4. The highest BCUT2D eigenvalue weighted by atomic mass is 32.1. The minimum atomic E-state index is -0.792. The van der Waals surface area contributed by atoms with Crippen molar-refractivity contribution >= 4 is 38.9 Å². The summed E-state index contributed by atoms with van der Waals surface area (Å²) in [6.45, 7) is 1.01. The van der Waals surface area contributed by atoms with Gasteiger partial charge >= 0.3 is 11.7 Å². The van der Waals surface area contributed by atoms with E-state index in [9.17, 15) is 14.9 Å². The molecular weight excluding hydrogens is 294 g/mol. The zero-order valence-corrected chi connectivity index (χ0v) is 11.9. The predicted molar refractivity (Wildman–Crippen MR) is 78.8 cm³/mol. The number of anilines is 1. The van der Waals surface area contributed by atoms with E-state index in [0.717, 1.165) is 4.70 Å². The van der Waals surface area contributed by atoms with E-state index in [1.165, 1.54) is 11.3 Å². The van der Waals surface area contributed by atoms with Crippen LogP contribution >= 0.6 is 11.3 Å². The van der Waals surface area contributed by atoms with Crippen molar-refractivity contribution in [2.75, 3.05) is 18.0 Å². The SMILES string of the molecule is O=C(O)C1CCN(c2ccc3scnc3c2[N+](=O)[O-])CC1. The number of carboxylic acids is 1. The Kier molecular flexibility index (Phi) is 3.46. The normalized spacial score (nSPS) is 16.3. The van der Waals surface area contributed by atoms with Crippen LogP contribution < -0.4 is 4.90 Å². The lowest BCUT2D eigenvalue weighted by Gasteiger charge is -2.31. The average molecular weight is 307 g/mol. The zero-order chi connectivity index (χ0) is 15.0. The van der Waals surface area contributed by atoms with Crippen LogP contribution in [0.15, 0.2) is 17.6 Å². The van der Waals surface area contributed by atoms with Gasteiger partial charge in [0.2, 0.25) is 0 Å². The van der Waals surface area contributed by atoms with Gasteiger partial charge in [0.1, 0.15) is 5.69 Å². The van der Waals surface area contributed by atoms with E-state index in [-0.39, 0.29) is 11.6 Å². The van der Waals surface area contributed by atoms with Crippen molar-refractivity contribution in [2.24, 2.45) is 5.92 Å². The summed E-state index contributed by atoms with van der Waals surface area (Å²) < 4.78 is 0.783. The molecule has 8 heteroatoms. The average Bonchev–Trinajstić information content (AvgIpc) is 2.94. The molecule has 21 heavy (non-hydrogen) atoms. The van der Waals surface area contributed by atoms with Crippen molar-refractivity contribution < 1.29 is 14.8 Å². The molecule has 0 saturated carbocycles. The van der Waals surface area contributed by atoms with Crippen LogP contribution in [0.3, 0.4) is 0 Å². The molecule has 3 rings (SSSR count). The molecule has 2 heterocycles. The lowest BCUT2D eigenvalue weighted by molar-refractivity contribution is -0.382. The molecule has 1 aliphatic rings. The third-order valence-electron chi connectivity index (χ3n) is 3.82. The van der Waals surface area contributed by atoms with Crippen LogP contribution in [0, 0.1) is 16.0 Å². The van der Waals surface area contributed by atoms with Crippen LogP contribution in [0.25, 0.3) is 10.2 Å². The number of nitro benzene ring substituents is 1. The fourth-order valence-corrected chi connectivity index (χ4v) is 3.39. The maximum atomic E-state index is 11.4. The maximum absolute atomic E-state index is 11.4. The highest BCUT2D eigenvalue weighted by Crippen LogP contribution is 2.38. The Hall–Kier alpha value is -2.22. The van der Waals surface area contributed by atoms with Crippen molar-refractivity contribution in [3.8, 4) is 0 Å². The van der Waals surface area contributed by atoms with Gasteiger partial charge in [-0.2, -0.15) is 0 Å². The molecule has 0 atom stereocenters. The first-order chi connectivity index (χ1) is 10.1. The van der Waals surface area contributed by atoms with Crippen LogP contribution in [-0.2, 0) is 4.79 Å². The number of piperidine rings is 1. The molecule has 0 aliphatic carbocycles. The molecule has 0 radical (unpaired) electrons. The Labute approximate surface area is 124 Å². The van der Waals surface area contributed by atoms with Crippen molar-refractivity contribution in [1.82, 2.24) is 4.98 Å². The maximum Gasteiger partial charge on any atom is 0.319 e. The van der Waals surface area contributed by atoms with Gasteiger partial charge in [-0.3, -0.25) is 14.9 Å².